The summed E-state index contributed by atoms with van der Waals surface area (Å²) in [5.41, 5.74) is 0.911. The van der Waals surface area contributed by atoms with E-state index in [0.29, 0.717) is 13.0 Å². The van der Waals surface area contributed by atoms with Gasteiger partial charge in [-0.05, 0) is 5.92 Å². The van der Waals surface area contributed by atoms with Gasteiger partial charge in [0.25, 0.3) is 0 Å². The molecule has 0 radical (unpaired) electrons. The molecule has 1 atom stereocenters. The molecule has 7 heteroatoms. The number of aromatic amines is 1. The maximum Gasteiger partial charge on any atom is 0.326 e. The van der Waals surface area contributed by atoms with E-state index in [2.05, 4.69) is 20.6 Å². The first-order valence-corrected chi connectivity index (χ1v) is 5.75. The molecule has 0 unspecified atom stereocenters. The molecule has 1 aromatic heterocycles. The van der Waals surface area contributed by atoms with Crippen molar-refractivity contribution in [2.75, 3.05) is 6.54 Å². The average molecular weight is 254 g/mol. The highest BCUT2D eigenvalue weighted by atomic mass is 16.4. The normalized spacial score (nSPS) is 12.2. The summed E-state index contributed by atoms with van der Waals surface area (Å²) < 4.78 is 0. The van der Waals surface area contributed by atoms with E-state index in [9.17, 15) is 9.59 Å². The maximum absolute atomic E-state index is 11.5. The molecule has 0 aliphatic heterocycles. The minimum absolute atomic E-state index is 0.166. The van der Waals surface area contributed by atoms with Crippen LogP contribution in [0.4, 0.5) is 4.79 Å². The average Bonchev–Trinajstić information content (AvgIpc) is 2.78. The number of carboxylic acid groups (broad SMARTS) is 1. The summed E-state index contributed by atoms with van der Waals surface area (Å²) in [6.07, 6.45) is 3.86. The van der Waals surface area contributed by atoms with E-state index in [-0.39, 0.29) is 5.92 Å². The third-order valence-corrected chi connectivity index (χ3v) is 2.45. The van der Waals surface area contributed by atoms with Gasteiger partial charge in [-0.15, -0.1) is 0 Å². The molecule has 0 saturated carbocycles. The highest BCUT2D eigenvalue weighted by Gasteiger charge is 2.22. The SMILES string of the molecule is CC(C)[C@@H](NC(=O)NCCc1cnc[nH]1)C(=O)O. The first kappa shape index (κ1) is 14.0. The number of imidazole rings is 1. The summed E-state index contributed by atoms with van der Waals surface area (Å²) >= 11 is 0. The van der Waals surface area contributed by atoms with Crippen molar-refractivity contribution < 1.29 is 14.7 Å². The molecule has 1 heterocycles. The van der Waals surface area contributed by atoms with Crippen molar-refractivity contribution in [1.82, 2.24) is 20.6 Å². The molecule has 18 heavy (non-hydrogen) atoms. The number of carbonyl (C=O) groups excluding carboxylic acids is 1. The van der Waals surface area contributed by atoms with E-state index in [1.54, 1.807) is 26.4 Å². The summed E-state index contributed by atoms with van der Waals surface area (Å²) in [5, 5.41) is 13.9. The number of rotatable bonds is 6. The van der Waals surface area contributed by atoms with Gasteiger partial charge in [-0.25, -0.2) is 14.6 Å². The van der Waals surface area contributed by atoms with Crippen molar-refractivity contribution in [1.29, 1.82) is 0 Å². The fourth-order valence-corrected chi connectivity index (χ4v) is 1.44. The van der Waals surface area contributed by atoms with Crippen LogP contribution in [0.5, 0.6) is 0 Å². The third-order valence-electron chi connectivity index (χ3n) is 2.45. The second-order valence-corrected chi connectivity index (χ2v) is 4.29. The Labute approximate surface area is 105 Å². The standard InChI is InChI=1S/C11H18N4O3/c1-7(2)9(10(16)17)15-11(18)13-4-3-8-5-12-6-14-8/h5-7,9H,3-4H2,1-2H3,(H,12,14)(H,16,17)(H2,13,15,18)/t9-/m1/s1. The van der Waals surface area contributed by atoms with E-state index >= 15 is 0 Å². The lowest BCUT2D eigenvalue weighted by molar-refractivity contribution is -0.140. The minimum atomic E-state index is -1.03. The molecule has 0 aliphatic rings. The molecular formula is C11H18N4O3. The number of aromatic nitrogens is 2. The van der Waals surface area contributed by atoms with Crippen LogP contribution in [-0.2, 0) is 11.2 Å². The molecule has 0 aromatic carbocycles. The smallest absolute Gasteiger partial charge is 0.326 e. The van der Waals surface area contributed by atoms with E-state index in [1.165, 1.54) is 0 Å². The van der Waals surface area contributed by atoms with Crippen LogP contribution in [0.3, 0.4) is 0 Å². The zero-order valence-corrected chi connectivity index (χ0v) is 10.4. The molecule has 0 fully saturated rings. The lowest BCUT2D eigenvalue weighted by atomic mass is 10.1. The van der Waals surface area contributed by atoms with Crippen LogP contribution in [0.15, 0.2) is 12.5 Å². The van der Waals surface area contributed by atoms with Crippen molar-refractivity contribution in [3.05, 3.63) is 18.2 Å². The van der Waals surface area contributed by atoms with Gasteiger partial charge in [0.1, 0.15) is 6.04 Å². The van der Waals surface area contributed by atoms with Crippen molar-refractivity contribution in [3.8, 4) is 0 Å². The molecule has 1 aromatic rings. The second-order valence-electron chi connectivity index (χ2n) is 4.29. The second kappa shape index (κ2) is 6.63. The van der Waals surface area contributed by atoms with E-state index in [0.717, 1.165) is 5.69 Å². The van der Waals surface area contributed by atoms with E-state index in [1.807, 2.05) is 0 Å². The predicted octanol–water partition coefficient (Wildman–Crippen LogP) is 0.361. The van der Waals surface area contributed by atoms with Crippen molar-refractivity contribution in [2.24, 2.45) is 5.92 Å². The Morgan fingerprint density at radius 2 is 2.22 bits per heavy atom. The van der Waals surface area contributed by atoms with Gasteiger partial charge in [-0.2, -0.15) is 0 Å². The number of carbonyl (C=O) groups is 2. The molecule has 2 amide bonds. The maximum atomic E-state index is 11.5. The molecule has 4 N–H and O–H groups in total. The molecule has 0 aliphatic carbocycles. The fourth-order valence-electron chi connectivity index (χ4n) is 1.44. The summed E-state index contributed by atoms with van der Waals surface area (Å²) in [4.78, 5) is 29.1. The third kappa shape index (κ3) is 4.44. The molecule has 1 rings (SSSR count). The highest BCUT2D eigenvalue weighted by Crippen LogP contribution is 2.01. The van der Waals surface area contributed by atoms with Crippen LogP contribution < -0.4 is 10.6 Å². The molecule has 100 valence electrons. The largest absolute Gasteiger partial charge is 0.480 e. The Kier molecular flexibility index (Phi) is 5.16. The monoisotopic (exact) mass is 254 g/mol. The number of H-pyrrole nitrogens is 1. The quantitative estimate of drug-likeness (QED) is 0.588. The number of amides is 2. The van der Waals surface area contributed by atoms with E-state index < -0.39 is 18.0 Å². The van der Waals surface area contributed by atoms with Gasteiger partial charge in [0.2, 0.25) is 0 Å². The zero-order valence-electron chi connectivity index (χ0n) is 10.4. The Morgan fingerprint density at radius 1 is 1.50 bits per heavy atom. The van der Waals surface area contributed by atoms with Gasteiger partial charge >= 0.3 is 12.0 Å². The van der Waals surface area contributed by atoms with Crippen molar-refractivity contribution in [2.45, 2.75) is 26.3 Å². The Balaban J connectivity index is 2.30. The van der Waals surface area contributed by atoms with Crippen molar-refractivity contribution in [3.63, 3.8) is 0 Å². The van der Waals surface area contributed by atoms with E-state index in [4.69, 9.17) is 5.11 Å². The van der Waals surface area contributed by atoms with Crippen molar-refractivity contribution >= 4 is 12.0 Å². The summed E-state index contributed by atoms with van der Waals surface area (Å²) in [7, 11) is 0. The molecule has 7 nitrogen and oxygen atoms in total. The fraction of sp³-hybridized carbons (Fsp3) is 0.545. The zero-order chi connectivity index (χ0) is 13.5. The predicted molar refractivity (Wildman–Crippen MR) is 65.1 cm³/mol. The number of hydrogen-bond donors (Lipinski definition) is 4. The first-order chi connectivity index (χ1) is 8.50. The topological polar surface area (TPSA) is 107 Å². The van der Waals surface area contributed by atoms with Crippen LogP contribution >= 0.6 is 0 Å². The summed E-state index contributed by atoms with van der Waals surface area (Å²) in [6.45, 7) is 3.89. The lowest BCUT2D eigenvalue weighted by Crippen LogP contribution is -2.48. The number of urea groups is 1. The van der Waals surface area contributed by atoms with Crippen LogP contribution in [0.25, 0.3) is 0 Å². The Bertz CT molecular complexity index is 389. The van der Waals surface area contributed by atoms with Crippen LogP contribution in [0.2, 0.25) is 0 Å². The molecular weight excluding hydrogens is 236 g/mol. The summed E-state index contributed by atoms with van der Waals surface area (Å²) in [5.74, 6) is -1.20. The molecule has 0 spiro atoms. The number of nitrogens with zero attached hydrogens (tertiary/aromatic N) is 1. The summed E-state index contributed by atoms with van der Waals surface area (Å²) in [6, 6.07) is -1.35. The van der Waals surface area contributed by atoms with Crippen LogP contribution in [0, 0.1) is 5.92 Å². The number of hydrogen-bond acceptors (Lipinski definition) is 3. The lowest BCUT2D eigenvalue weighted by Gasteiger charge is -2.18. The number of nitrogens with one attached hydrogen (secondary N) is 3. The van der Waals surface area contributed by atoms with Crippen LogP contribution in [0.1, 0.15) is 19.5 Å². The van der Waals surface area contributed by atoms with Gasteiger partial charge in [-0.3, -0.25) is 0 Å². The first-order valence-electron chi connectivity index (χ1n) is 5.75. The Morgan fingerprint density at radius 3 is 2.72 bits per heavy atom. The van der Waals surface area contributed by atoms with Gasteiger partial charge < -0.3 is 20.7 Å². The van der Waals surface area contributed by atoms with Gasteiger partial charge in [0.15, 0.2) is 0 Å². The molecule has 0 saturated heterocycles. The van der Waals surface area contributed by atoms with Crippen LogP contribution in [-0.4, -0.2) is 39.7 Å². The number of aliphatic carboxylic acids is 1. The van der Waals surface area contributed by atoms with Gasteiger partial charge in [-0.1, -0.05) is 13.8 Å². The highest BCUT2D eigenvalue weighted by molar-refractivity contribution is 5.82. The van der Waals surface area contributed by atoms with Gasteiger partial charge in [0.05, 0.1) is 6.33 Å². The van der Waals surface area contributed by atoms with Gasteiger partial charge in [0, 0.05) is 24.9 Å². The Hall–Kier alpha value is -2.05. The molecule has 0 bridgehead atoms. The number of carboxylic acids is 1. The minimum Gasteiger partial charge on any atom is -0.480 e.